The lowest BCUT2D eigenvalue weighted by molar-refractivity contribution is -0.119. The van der Waals surface area contributed by atoms with Crippen LogP contribution in [0.5, 0.6) is 11.5 Å². The minimum absolute atomic E-state index is 0.100. The van der Waals surface area contributed by atoms with Crippen molar-refractivity contribution in [2.45, 2.75) is 19.9 Å². The van der Waals surface area contributed by atoms with Gasteiger partial charge >= 0.3 is 0 Å². The largest absolute Gasteiger partial charge is 0.454 e. The van der Waals surface area contributed by atoms with Crippen LogP contribution < -0.4 is 19.7 Å². The van der Waals surface area contributed by atoms with Crippen LogP contribution in [0, 0.1) is 5.92 Å². The van der Waals surface area contributed by atoms with Gasteiger partial charge in [0.15, 0.2) is 11.5 Å². The summed E-state index contributed by atoms with van der Waals surface area (Å²) in [4.78, 5) is 14.2. The number of nitrogens with zero attached hydrogens (tertiary/aromatic N) is 1. The Morgan fingerprint density at radius 2 is 2.05 bits per heavy atom. The predicted molar refractivity (Wildman–Crippen MR) is 71.5 cm³/mol. The van der Waals surface area contributed by atoms with Gasteiger partial charge in [0.2, 0.25) is 12.7 Å². The Morgan fingerprint density at radius 1 is 1.26 bits per heavy atom. The summed E-state index contributed by atoms with van der Waals surface area (Å²) < 4.78 is 10.7. The van der Waals surface area contributed by atoms with E-state index < -0.39 is 0 Å². The van der Waals surface area contributed by atoms with Crippen molar-refractivity contribution in [1.82, 2.24) is 5.32 Å². The SMILES string of the molecule is CC1CNC(C)C(=O)N(c2ccc3c(c2)OCO3)C1. The smallest absolute Gasteiger partial charge is 0.243 e. The van der Waals surface area contributed by atoms with Crippen LogP contribution in [0.4, 0.5) is 5.69 Å². The monoisotopic (exact) mass is 262 g/mol. The third-order valence-corrected chi connectivity index (χ3v) is 3.57. The van der Waals surface area contributed by atoms with Crippen LogP contribution in [0.3, 0.4) is 0 Å². The topological polar surface area (TPSA) is 50.8 Å². The first kappa shape index (κ1) is 12.3. The van der Waals surface area contributed by atoms with E-state index in [-0.39, 0.29) is 18.7 Å². The Hall–Kier alpha value is -1.75. The number of hydrogen-bond donors (Lipinski definition) is 1. The van der Waals surface area contributed by atoms with Gasteiger partial charge in [0, 0.05) is 24.8 Å². The molecule has 3 rings (SSSR count). The first-order valence-electron chi connectivity index (χ1n) is 6.59. The third kappa shape index (κ3) is 2.26. The summed E-state index contributed by atoms with van der Waals surface area (Å²) in [7, 11) is 0. The molecule has 2 unspecified atom stereocenters. The summed E-state index contributed by atoms with van der Waals surface area (Å²) in [5.41, 5.74) is 0.872. The number of carbonyl (C=O) groups excluding carboxylic acids is 1. The molecule has 2 aliphatic rings. The zero-order valence-electron chi connectivity index (χ0n) is 11.2. The second-order valence-electron chi connectivity index (χ2n) is 5.22. The second kappa shape index (κ2) is 4.74. The molecule has 0 aromatic heterocycles. The van der Waals surface area contributed by atoms with E-state index in [1.54, 1.807) is 0 Å². The van der Waals surface area contributed by atoms with Gasteiger partial charge < -0.3 is 19.7 Å². The third-order valence-electron chi connectivity index (χ3n) is 3.57. The van der Waals surface area contributed by atoms with E-state index in [9.17, 15) is 4.79 Å². The molecule has 1 aromatic carbocycles. The molecule has 0 spiro atoms. The first-order chi connectivity index (χ1) is 9.15. The molecule has 1 N–H and O–H groups in total. The summed E-state index contributed by atoms with van der Waals surface area (Å²) in [5, 5.41) is 3.25. The zero-order valence-corrected chi connectivity index (χ0v) is 11.2. The van der Waals surface area contributed by atoms with Crippen LogP contribution in [0.25, 0.3) is 0 Å². The summed E-state index contributed by atoms with van der Waals surface area (Å²) >= 11 is 0. The number of anilines is 1. The Bertz CT molecular complexity index is 503. The van der Waals surface area contributed by atoms with E-state index in [1.165, 1.54) is 0 Å². The van der Waals surface area contributed by atoms with E-state index in [1.807, 2.05) is 30.0 Å². The minimum Gasteiger partial charge on any atom is -0.454 e. The molecule has 1 fully saturated rings. The molecule has 2 atom stereocenters. The van der Waals surface area contributed by atoms with Crippen molar-refractivity contribution in [1.29, 1.82) is 0 Å². The normalized spacial score (nSPS) is 26.4. The van der Waals surface area contributed by atoms with Crippen molar-refractivity contribution in [2.75, 3.05) is 24.8 Å². The summed E-state index contributed by atoms with van der Waals surface area (Å²) in [6, 6.07) is 5.50. The molecule has 2 aliphatic heterocycles. The van der Waals surface area contributed by atoms with E-state index in [2.05, 4.69) is 12.2 Å². The van der Waals surface area contributed by atoms with Gasteiger partial charge in [-0.15, -0.1) is 0 Å². The quantitative estimate of drug-likeness (QED) is 0.830. The second-order valence-corrected chi connectivity index (χ2v) is 5.22. The molecular formula is C14H18N2O3. The fourth-order valence-electron chi connectivity index (χ4n) is 2.45. The number of hydrogen-bond acceptors (Lipinski definition) is 4. The minimum atomic E-state index is -0.157. The maximum Gasteiger partial charge on any atom is 0.243 e. The first-order valence-corrected chi connectivity index (χ1v) is 6.59. The number of rotatable bonds is 1. The van der Waals surface area contributed by atoms with Gasteiger partial charge in [0.1, 0.15) is 0 Å². The van der Waals surface area contributed by atoms with Crippen LogP contribution in [0.15, 0.2) is 18.2 Å². The molecule has 0 radical (unpaired) electrons. The van der Waals surface area contributed by atoms with Crippen LogP contribution >= 0.6 is 0 Å². The highest BCUT2D eigenvalue weighted by atomic mass is 16.7. The van der Waals surface area contributed by atoms with Gasteiger partial charge in [-0.1, -0.05) is 6.92 Å². The van der Waals surface area contributed by atoms with E-state index in [0.717, 1.165) is 24.5 Å². The van der Waals surface area contributed by atoms with E-state index in [0.29, 0.717) is 11.7 Å². The highest BCUT2D eigenvalue weighted by Crippen LogP contribution is 2.36. The summed E-state index contributed by atoms with van der Waals surface area (Å²) in [6.07, 6.45) is 0. The lowest BCUT2D eigenvalue weighted by atomic mass is 10.1. The average Bonchev–Trinajstić information content (AvgIpc) is 2.83. The molecule has 0 aliphatic carbocycles. The summed E-state index contributed by atoms with van der Waals surface area (Å²) in [6.45, 7) is 5.86. The molecule has 1 amide bonds. The van der Waals surface area contributed by atoms with Gasteiger partial charge in [-0.25, -0.2) is 0 Å². The average molecular weight is 262 g/mol. The molecule has 1 aromatic rings. The Labute approximate surface area is 112 Å². The number of benzene rings is 1. The fraction of sp³-hybridized carbons (Fsp3) is 0.500. The van der Waals surface area contributed by atoms with Gasteiger partial charge in [0.25, 0.3) is 0 Å². The van der Waals surface area contributed by atoms with Crippen molar-refractivity contribution >= 4 is 11.6 Å². The van der Waals surface area contributed by atoms with Gasteiger partial charge in [-0.2, -0.15) is 0 Å². The Kier molecular flexibility index (Phi) is 3.06. The molecule has 19 heavy (non-hydrogen) atoms. The van der Waals surface area contributed by atoms with Crippen LogP contribution in [-0.4, -0.2) is 31.8 Å². The Balaban J connectivity index is 1.92. The van der Waals surface area contributed by atoms with Gasteiger partial charge in [0.05, 0.1) is 6.04 Å². The van der Waals surface area contributed by atoms with Crippen LogP contribution in [0.1, 0.15) is 13.8 Å². The number of nitrogens with one attached hydrogen (secondary N) is 1. The van der Waals surface area contributed by atoms with Crippen LogP contribution in [-0.2, 0) is 4.79 Å². The van der Waals surface area contributed by atoms with Gasteiger partial charge in [-0.3, -0.25) is 4.79 Å². The predicted octanol–water partition coefficient (Wildman–Crippen LogP) is 1.38. The fourth-order valence-corrected chi connectivity index (χ4v) is 2.45. The number of fused-ring (bicyclic) bond motifs is 1. The van der Waals surface area contributed by atoms with E-state index >= 15 is 0 Å². The van der Waals surface area contributed by atoms with Crippen molar-refractivity contribution in [2.24, 2.45) is 5.92 Å². The maximum atomic E-state index is 12.4. The van der Waals surface area contributed by atoms with Crippen molar-refractivity contribution in [3.05, 3.63) is 18.2 Å². The molecule has 102 valence electrons. The van der Waals surface area contributed by atoms with Crippen molar-refractivity contribution in [3.63, 3.8) is 0 Å². The van der Waals surface area contributed by atoms with Crippen molar-refractivity contribution in [3.8, 4) is 11.5 Å². The molecule has 0 bridgehead atoms. The zero-order chi connectivity index (χ0) is 13.4. The lowest BCUT2D eigenvalue weighted by Crippen LogP contribution is -2.41. The van der Waals surface area contributed by atoms with Crippen LogP contribution in [0.2, 0.25) is 0 Å². The standard InChI is InChI=1S/C14H18N2O3/c1-9-6-15-10(2)14(17)16(7-9)11-3-4-12-13(5-11)19-8-18-12/h3-5,9-10,15H,6-8H2,1-2H3. The Morgan fingerprint density at radius 3 is 2.89 bits per heavy atom. The molecule has 1 saturated heterocycles. The number of amides is 1. The molecule has 2 heterocycles. The van der Waals surface area contributed by atoms with Crippen molar-refractivity contribution < 1.29 is 14.3 Å². The molecule has 5 heteroatoms. The molecular weight excluding hydrogens is 244 g/mol. The highest BCUT2D eigenvalue weighted by molar-refractivity contribution is 5.97. The molecule has 0 saturated carbocycles. The van der Waals surface area contributed by atoms with E-state index in [4.69, 9.17) is 9.47 Å². The highest BCUT2D eigenvalue weighted by Gasteiger charge is 2.28. The number of ether oxygens (including phenoxy) is 2. The van der Waals surface area contributed by atoms with Gasteiger partial charge in [-0.05, 0) is 25.0 Å². The number of carbonyl (C=O) groups is 1. The molecule has 5 nitrogen and oxygen atoms in total. The maximum absolute atomic E-state index is 12.4. The lowest BCUT2D eigenvalue weighted by Gasteiger charge is -2.24. The summed E-state index contributed by atoms with van der Waals surface area (Å²) in [5.74, 6) is 1.97.